The summed E-state index contributed by atoms with van der Waals surface area (Å²) in [5.74, 6) is 0.0297. The Morgan fingerprint density at radius 1 is 1.09 bits per heavy atom. The van der Waals surface area contributed by atoms with Crippen LogP contribution in [0.5, 0.6) is 5.75 Å². The van der Waals surface area contributed by atoms with Gasteiger partial charge in [0.15, 0.2) is 0 Å². The monoisotopic (exact) mass is 373 g/mol. The second kappa shape index (κ2) is 8.29. The number of rotatable bonds is 6. The predicted molar refractivity (Wildman–Crippen MR) is 93.2 cm³/mol. The lowest BCUT2D eigenvalue weighted by atomic mass is 10.2. The number of methoxy groups -OCH3 is 1. The summed E-state index contributed by atoms with van der Waals surface area (Å²) >= 11 is 18.1. The van der Waals surface area contributed by atoms with Gasteiger partial charge in [0, 0.05) is 6.54 Å². The zero-order chi connectivity index (χ0) is 16.8. The summed E-state index contributed by atoms with van der Waals surface area (Å²) in [7, 11) is 1.32. The molecule has 2 aromatic carbocycles. The Hall–Kier alpha value is -1.62. The van der Waals surface area contributed by atoms with E-state index in [1.54, 1.807) is 36.4 Å². The molecule has 0 unspecified atom stereocenters. The van der Waals surface area contributed by atoms with Gasteiger partial charge in [-0.1, -0.05) is 46.9 Å². The Morgan fingerprint density at radius 3 is 2.52 bits per heavy atom. The molecular formula is C16H14Cl3NO3. The van der Waals surface area contributed by atoms with Gasteiger partial charge in [0.05, 0.1) is 28.4 Å². The van der Waals surface area contributed by atoms with E-state index in [0.29, 0.717) is 45.2 Å². The number of benzene rings is 2. The average molecular weight is 375 g/mol. The second-order valence-electron chi connectivity index (χ2n) is 4.48. The van der Waals surface area contributed by atoms with Crippen LogP contribution in [-0.4, -0.2) is 26.2 Å². The van der Waals surface area contributed by atoms with Crippen molar-refractivity contribution in [2.24, 2.45) is 0 Å². The maximum atomic E-state index is 11.7. The molecule has 2 aromatic rings. The van der Waals surface area contributed by atoms with Gasteiger partial charge in [-0.05, 0) is 24.3 Å². The Morgan fingerprint density at radius 2 is 1.78 bits per heavy atom. The van der Waals surface area contributed by atoms with Gasteiger partial charge in [0.2, 0.25) is 0 Å². The summed E-state index contributed by atoms with van der Waals surface area (Å²) in [5.41, 5.74) is 0.864. The van der Waals surface area contributed by atoms with Crippen molar-refractivity contribution >= 4 is 46.5 Å². The minimum absolute atomic E-state index is 0.311. The lowest BCUT2D eigenvalue weighted by Crippen LogP contribution is -2.15. The zero-order valence-corrected chi connectivity index (χ0v) is 14.5. The summed E-state index contributed by atoms with van der Waals surface area (Å²) in [4.78, 5) is 11.7. The maximum Gasteiger partial charge on any atom is 0.340 e. The average Bonchev–Trinajstić information content (AvgIpc) is 2.55. The van der Waals surface area contributed by atoms with E-state index in [0.717, 1.165) is 0 Å². The Labute approximate surface area is 149 Å². The normalized spacial score (nSPS) is 10.3. The van der Waals surface area contributed by atoms with Crippen molar-refractivity contribution < 1.29 is 14.3 Å². The molecule has 0 aliphatic heterocycles. The minimum atomic E-state index is -0.464. The molecule has 122 valence electrons. The molecule has 0 amide bonds. The second-order valence-corrected chi connectivity index (χ2v) is 5.67. The molecule has 4 nitrogen and oxygen atoms in total. The zero-order valence-electron chi connectivity index (χ0n) is 12.2. The molecule has 0 spiro atoms. The van der Waals surface area contributed by atoms with E-state index in [-0.39, 0.29) is 0 Å². The molecule has 2 rings (SSSR count). The topological polar surface area (TPSA) is 47.6 Å². The number of halogens is 3. The van der Waals surface area contributed by atoms with Crippen molar-refractivity contribution in [3.05, 3.63) is 57.0 Å². The van der Waals surface area contributed by atoms with Crippen LogP contribution in [0.4, 0.5) is 5.69 Å². The summed E-state index contributed by atoms with van der Waals surface area (Å²) in [6.07, 6.45) is 0. The first kappa shape index (κ1) is 17.7. The van der Waals surface area contributed by atoms with Crippen LogP contribution in [0.15, 0.2) is 36.4 Å². The van der Waals surface area contributed by atoms with E-state index in [9.17, 15) is 4.79 Å². The van der Waals surface area contributed by atoms with Crippen LogP contribution in [-0.2, 0) is 4.74 Å². The lowest BCUT2D eigenvalue weighted by molar-refractivity contribution is 0.0602. The van der Waals surface area contributed by atoms with Gasteiger partial charge < -0.3 is 14.8 Å². The third-order valence-corrected chi connectivity index (χ3v) is 4.11. The standard InChI is InChI=1S/C16H14Cl3NO3/c1-22-16(21)10-4-2-6-12(18)15(10)20-8-9-23-13-7-3-5-11(17)14(13)19/h2-7,20H,8-9H2,1H3. The number of hydrogen-bond acceptors (Lipinski definition) is 4. The summed E-state index contributed by atoms with van der Waals surface area (Å²) in [5, 5.41) is 4.28. The number of carbonyl (C=O) groups is 1. The minimum Gasteiger partial charge on any atom is -0.490 e. The Kier molecular flexibility index (Phi) is 6.39. The van der Waals surface area contributed by atoms with Gasteiger partial charge in [0.25, 0.3) is 0 Å². The van der Waals surface area contributed by atoms with Gasteiger partial charge in [-0.15, -0.1) is 0 Å². The molecule has 0 saturated heterocycles. The fourth-order valence-electron chi connectivity index (χ4n) is 1.92. The molecule has 0 aromatic heterocycles. The van der Waals surface area contributed by atoms with Crippen molar-refractivity contribution in [2.75, 3.05) is 25.6 Å². The fraction of sp³-hybridized carbons (Fsp3) is 0.188. The van der Waals surface area contributed by atoms with Gasteiger partial charge in [0.1, 0.15) is 17.4 Å². The molecule has 0 saturated carbocycles. The van der Waals surface area contributed by atoms with Crippen LogP contribution in [0.25, 0.3) is 0 Å². The van der Waals surface area contributed by atoms with Crippen molar-refractivity contribution in [2.45, 2.75) is 0 Å². The molecule has 0 atom stereocenters. The van der Waals surface area contributed by atoms with Gasteiger partial charge in [-0.2, -0.15) is 0 Å². The molecule has 0 bridgehead atoms. The first-order valence-electron chi connectivity index (χ1n) is 6.72. The predicted octanol–water partition coefficient (Wildman–Crippen LogP) is 4.92. The number of hydrogen-bond donors (Lipinski definition) is 1. The van der Waals surface area contributed by atoms with Crippen LogP contribution < -0.4 is 10.1 Å². The quantitative estimate of drug-likeness (QED) is 0.575. The highest BCUT2D eigenvalue weighted by Gasteiger charge is 2.14. The van der Waals surface area contributed by atoms with Crippen molar-refractivity contribution in [3.63, 3.8) is 0 Å². The van der Waals surface area contributed by atoms with Crippen LogP contribution in [0.3, 0.4) is 0 Å². The first-order valence-corrected chi connectivity index (χ1v) is 7.85. The van der Waals surface area contributed by atoms with Crippen LogP contribution in [0.1, 0.15) is 10.4 Å². The molecule has 0 radical (unpaired) electrons. The fourth-order valence-corrected chi connectivity index (χ4v) is 2.50. The van der Waals surface area contributed by atoms with Crippen LogP contribution in [0, 0.1) is 0 Å². The van der Waals surface area contributed by atoms with E-state index in [1.807, 2.05) is 0 Å². The lowest BCUT2D eigenvalue weighted by Gasteiger charge is -2.13. The summed E-state index contributed by atoms with van der Waals surface area (Å²) in [6, 6.07) is 10.2. The number of carbonyl (C=O) groups excluding carboxylic acids is 1. The Bertz CT molecular complexity index is 707. The highest BCUT2D eigenvalue weighted by Crippen LogP contribution is 2.31. The number of esters is 1. The Balaban J connectivity index is 1.99. The molecule has 23 heavy (non-hydrogen) atoms. The smallest absolute Gasteiger partial charge is 0.340 e. The highest BCUT2D eigenvalue weighted by molar-refractivity contribution is 6.42. The van der Waals surface area contributed by atoms with Crippen molar-refractivity contribution in [1.82, 2.24) is 0 Å². The van der Waals surface area contributed by atoms with Gasteiger partial charge >= 0.3 is 5.97 Å². The third-order valence-electron chi connectivity index (χ3n) is 3.00. The summed E-state index contributed by atoms with van der Waals surface area (Å²) in [6.45, 7) is 0.725. The molecular weight excluding hydrogens is 361 g/mol. The van der Waals surface area contributed by atoms with Crippen molar-refractivity contribution in [1.29, 1.82) is 0 Å². The largest absolute Gasteiger partial charge is 0.490 e. The van der Waals surface area contributed by atoms with E-state index >= 15 is 0 Å². The number of ether oxygens (including phenoxy) is 2. The number of para-hydroxylation sites is 1. The van der Waals surface area contributed by atoms with E-state index < -0.39 is 5.97 Å². The maximum absolute atomic E-state index is 11.7. The van der Waals surface area contributed by atoms with Crippen molar-refractivity contribution in [3.8, 4) is 5.75 Å². The highest BCUT2D eigenvalue weighted by atomic mass is 35.5. The molecule has 1 N–H and O–H groups in total. The van der Waals surface area contributed by atoms with Gasteiger partial charge in [-0.3, -0.25) is 0 Å². The van der Waals surface area contributed by atoms with Crippen LogP contribution >= 0.6 is 34.8 Å². The number of nitrogens with one attached hydrogen (secondary N) is 1. The molecule has 0 aliphatic carbocycles. The molecule has 7 heteroatoms. The van der Waals surface area contributed by atoms with E-state index in [4.69, 9.17) is 44.3 Å². The van der Waals surface area contributed by atoms with Crippen LogP contribution in [0.2, 0.25) is 15.1 Å². The first-order chi connectivity index (χ1) is 11.0. The number of anilines is 1. The molecule has 0 fully saturated rings. The molecule has 0 aliphatic rings. The van der Waals surface area contributed by atoms with E-state index in [1.165, 1.54) is 7.11 Å². The SMILES string of the molecule is COC(=O)c1cccc(Cl)c1NCCOc1cccc(Cl)c1Cl. The van der Waals surface area contributed by atoms with E-state index in [2.05, 4.69) is 5.32 Å². The third kappa shape index (κ3) is 4.44. The van der Waals surface area contributed by atoms with Gasteiger partial charge in [-0.25, -0.2) is 4.79 Å². The summed E-state index contributed by atoms with van der Waals surface area (Å²) < 4.78 is 10.3. The molecule has 0 heterocycles.